The number of hydrogen-bond donors (Lipinski definition) is 1. The highest BCUT2D eigenvalue weighted by molar-refractivity contribution is 6.92. The molecule has 238 valence electrons. The van der Waals surface area contributed by atoms with E-state index in [1.54, 1.807) is 0 Å². The number of rotatable bonds is 5. The molecule has 1 N–H and O–H groups in total. The zero-order valence-electron chi connectivity index (χ0n) is 27.9. The summed E-state index contributed by atoms with van der Waals surface area (Å²) in [5.41, 5.74) is 12.5. The van der Waals surface area contributed by atoms with Crippen LogP contribution in [-0.2, 0) is 0 Å². The first-order valence-electron chi connectivity index (χ1n) is 17.5. The number of nitrogens with one attached hydrogen (secondary N) is 1. The third kappa shape index (κ3) is 4.87. The van der Waals surface area contributed by atoms with E-state index in [-0.39, 0.29) is 6.85 Å². The van der Waals surface area contributed by atoms with Crippen LogP contribution in [0.15, 0.2) is 188 Å². The maximum Gasteiger partial charge on any atom is 0.322 e. The second-order valence-electron chi connectivity index (χ2n) is 13.2. The van der Waals surface area contributed by atoms with Crippen molar-refractivity contribution in [3.63, 3.8) is 0 Å². The van der Waals surface area contributed by atoms with E-state index in [0.29, 0.717) is 0 Å². The van der Waals surface area contributed by atoms with Crippen molar-refractivity contribution in [1.82, 2.24) is 9.55 Å². The molecule has 0 aliphatic carbocycles. The molecule has 9 aromatic rings. The van der Waals surface area contributed by atoms with Crippen LogP contribution >= 0.6 is 0 Å². The van der Waals surface area contributed by atoms with Crippen LogP contribution in [0.1, 0.15) is 0 Å². The monoisotopic (exact) mass is 649 g/mol. The summed E-state index contributed by atoms with van der Waals surface area (Å²) in [7, 11) is 0. The second-order valence-corrected chi connectivity index (χ2v) is 13.2. The van der Waals surface area contributed by atoms with Crippen LogP contribution < -0.4 is 16.2 Å². The van der Waals surface area contributed by atoms with Crippen molar-refractivity contribution in [1.29, 1.82) is 0 Å². The molecule has 8 aromatic carbocycles. The molecule has 1 aliphatic rings. The third-order valence-corrected chi connectivity index (χ3v) is 10.2. The number of benzene rings is 8. The van der Waals surface area contributed by atoms with Gasteiger partial charge in [-0.05, 0) is 62.3 Å². The summed E-state index contributed by atoms with van der Waals surface area (Å²) in [6.45, 7) is -0.0897. The minimum absolute atomic E-state index is 0.0897. The molecule has 0 saturated heterocycles. The number of nitrogens with zero attached hydrogens (tertiary/aromatic N) is 2. The van der Waals surface area contributed by atoms with E-state index in [1.165, 1.54) is 43.6 Å². The van der Waals surface area contributed by atoms with E-state index in [2.05, 4.69) is 198 Å². The standard InChI is InChI=1S/C47H32BN3/c1-4-16-32(17-5-1)45-46(33-18-6-2-7-19-33)51(37-22-8-3-9-23-37)47(49-45)36-28-29-40-41-26-14-15-27-43(41)50-48(42(40)31-36)44-38-24-12-10-20-34(38)30-35-21-11-13-25-39(35)44/h1-31,50H. The zero-order valence-corrected chi connectivity index (χ0v) is 27.9. The van der Waals surface area contributed by atoms with Crippen LogP contribution in [0.5, 0.6) is 0 Å². The van der Waals surface area contributed by atoms with Crippen molar-refractivity contribution < 1.29 is 0 Å². The van der Waals surface area contributed by atoms with Gasteiger partial charge in [0.1, 0.15) is 5.82 Å². The van der Waals surface area contributed by atoms with Crippen molar-refractivity contribution in [2.75, 3.05) is 5.23 Å². The second kappa shape index (κ2) is 12.0. The van der Waals surface area contributed by atoms with E-state index in [9.17, 15) is 0 Å². The van der Waals surface area contributed by atoms with Crippen LogP contribution in [0, 0.1) is 0 Å². The first-order chi connectivity index (χ1) is 25.3. The fourth-order valence-electron chi connectivity index (χ4n) is 7.95. The fraction of sp³-hybridized carbons (Fsp3) is 0. The van der Waals surface area contributed by atoms with Crippen molar-refractivity contribution in [2.24, 2.45) is 0 Å². The van der Waals surface area contributed by atoms with E-state index >= 15 is 0 Å². The molecule has 1 aromatic heterocycles. The molecule has 0 spiro atoms. The maximum absolute atomic E-state index is 5.54. The van der Waals surface area contributed by atoms with Crippen LogP contribution in [-0.4, -0.2) is 16.4 Å². The zero-order chi connectivity index (χ0) is 33.7. The molecule has 0 fully saturated rings. The normalized spacial score (nSPS) is 12.0. The predicted molar refractivity (Wildman–Crippen MR) is 215 cm³/mol. The minimum Gasteiger partial charge on any atom is -0.420 e. The van der Waals surface area contributed by atoms with Gasteiger partial charge in [-0.3, -0.25) is 4.57 Å². The average Bonchev–Trinajstić information content (AvgIpc) is 3.61. The third-order valence-electron chi connectivity index (χ3n) is 10.2. The Kier molecular flexibility index (Phi) is 6.92. The summed E-state index contributed by atoms with van der Waals surface area (Å²) in [6.07, 6.45) is 0. The van der Waals surface area contributed by atoms with Crippen molar-refractivity contribution in [3.8, 4) is 50.7 Å². The Morgan fingerprint density at radius 2 is 1.06 bits per heavy atom. The largest absolute Gasteiger partial charge is 0.420 e. The Labute approximate surface area is 297 Å². The Bertz CT molecular complexity index is 2660. The smallest absolute Gasteiger partial charge is 0.322 e. The lowest BCUT2D eigenvalue weighted by Crippen LogP contribution is -2.52. The molecule has 51 heavy (non-hydrogen) atoms. The number of anilines is 1. The van der Waals surface area contributed by atoms with Gasteiger partial charge >= 0.3 is 6.85 Å². The topological polar surface area (TPSA) is 29.9 Å². The molecule has 2 heterocycles. The van der Waals surface area contributed by atoms with Gasteiger partial charge in [-0.15, -0.1) is 0 Å². The van der Waals surface area contributed by atoms with Crippen LogP contribution in [0.25, 0.3) is 72.3 Å². The average molecular weight is 650 g/mol. The first-order valence-corrected chi connectivity index (χ1v) is 17.5. The molecule has 3 nitrogen and oxygen atoms in total. The number of hydrogen-bond acceptors (Lipinski definition) is 2. The van der Waals surface area contributed by atoms with Gasteiger partial charge < -0.3 is 5.23 Å². The SMILES string of the molecule is c1ccc(-c2nc(-c3ccc4c(c3)B(c3c5ccccc5cc5ccccc35)Nc3ccccc3-4)n(-c3ccccc3)c2-c2ccccc2)cc1. The molecule has 10 rings (SSSR count). The summed E-state index contributed by atoms with van der Waals surface area (Å²) in [6, 6.07) is 67.3. The summed E-state index contributed by atoms with van der Waals surface area (Å²) in [5, 5.41) is 9.01. The highest BCUT2D eigenvalue weighted by Crippen LogP contribution is 2.40. The summed E-state index contributed by atoms with van der Waals surface area (Å²) in [4.78, 5) is 5.54. The van der Waals surface area contributed by atoms with Crippen LogP contribution in [0.4, 0.5) is 5.69 Å². The minimum atomic E-state index is -0.0897. The highest BCUT2D eigenvalue weighted by Gasteiger charge is 2.33. The lowest BCUT2D eigenvalue weighted by atomic mass is 9.46. The molecule has 0 unspecified atom stereocenters. The molecule has 4 heteroatoms. The highest BCUT2D eigenvalue weighted by atomic mass is 15.1. The van der Waals surface area contributed by atoms with Gasteiger partial charge in [0.2, 0.25) is 0 Å². The van der Waals surface area contributed by atoms with Gasteiger partial charge in [-0.1, -0.05) is 164 Å². The molecule has 0 saturated carbocycles. The molecular weight excluding hydrogens is 617 g/mol. The Morgan fingerprint density at radius 1 is 0.471 bits per heavy atom. The molecule has 0 atom stereocenters. The van der Waals surface area contributed by atoms with Gasteiger partial charge in [-0.25, -0.2) is 4.98 Å². The van der Waals surface area contributed by atoms with Crippen LogP contribution in [0.2, 0.25) is 0 Å². The van der Waals surface area contributed by atoms with E-state index in [0.717, 1.165) is 45.3 Å². The number of aromatic nitrogens is 2. The lowest BCUT2D eigenvalue weighted by Gasteiger charge is -2.30. The quantitative estimate of drug-likeness (QED) is 0.149. The molecule has 0 radical (unpaired) electrons. The molecule has 0 amide bonds. The van der Waals surface area contributed by atoms with Gasteiger partial charge in [0.25, 0.3) is 0 Å². The maximum atomic E-state index is 5.54. The fourth-order valence-corrected chi connectivity index (χ4v) is 7.95. The number of fused-ring (bicyclic) bond motifs is 5. The van der Waals surface area contributed by atoms with Gasteiger partial charge in [0.15, 0.2) is 0 Å². The predicted octanol–water partition coefficient (Wildman–Crippen LogP) is 10.4. The first kappa shape index (κ1) is 29.3. The number of para-hydroxylation sites is 2. The van der Waals surface area contributed by atoms with Crippen molar-refractivity contribution >= 4 is 45.0 Å². The molecule has 1 aliphatic heterocycles. The van der Waals surface area contributed by atoms with Gasteiger partial charge in [0.05, 0.1) is 11.4 Å². The molecular formula is C47H32BN3. The van der Waals surface area contributed by atoms with Crippen molar-refractivity contribution in [3.05, 3.63) is 188 Å². The lowest BCUT2D eigenvalue weighted by molar-refractivity contribution is 1.07. The Hall–Kier alpha value is -6.65. The van der Waals surface area contributed by atoms with E-state index < -0.39 is 0 Å². The summed E-state index contributed by atoms with van der Waals surface area (Å²) < 4.78 is 2.34. The summed E-state index contributed by atoms with van der Waals surface area (Å²) in [5.74, 6) is 0.905. The van der Waals surface area contributed by atoms with Crippen LogP contribution in [0.3, 0.4) is 0 Å². The molecule has 0 bridgehead atoms. The summed E-state index contributed by atoms with van der Waals surface area (Å²) >= 11 is 0. The van der Waals surface area contributed by atoms with E-state index in [4.69, 9.17) is 4.98 Å². The number of imidazole rings is 1. The van der Waals surface area contributed by atoms with E-state index in [1.807, 2.05) is 0 Å². The van der Waals surface area contributed by atoms with Crippen molar-refractivity contribution in [2.45, 2.75) is 0 Å². The Morgan fingerprint density at radius 3 is 1.76 bits per heavy atom. The van der Waals surface area contributed by atoms with Gasteiger partial charge in [-0.2, -0.15) is 0 Å². The Balaban J connectivity index is 1.28. The van der Waals surface area contributed by atoms with Gasteiger partial charge in [0, 0.05) is 33.6 Å².